The molecule has 2 heterocycles. The average Bonchev–Trinajstić information content (AvgIpc) is 3.40. The Bertz CT molecular complexity index is 980. The number of carbonyl (C=O) groups is 1. The molecule has 28 heavy (non-hydrogen) atoms. The number of benzene rings is 2. The Morgan fingerprint density at radius 2 is 1.89 bits per heavy atom. The third-order valence-electron chi connectivity index (χ3n) is 4.91. The third kappa shape index (κ3) is 4.08. The molecular formula is C21H21ClN4OS. The first-order valence-electron chi connectivity index (χ1n) is 9.29. The second-order valence-electron chi connectivity index (χ2n) is 6.90. The van der Waals surface area contributed by atoms with E-state index in [-0.39, 0.29) is 5.91 Å². The molecule has 1 aliphatic rings. The summed E-state index contributed by atoms with van der Waals surface area (Å²) >= 11 is 7.85. The van der Waals surface area contributed by atoms with Crippen LogP contribution >= 0.6 is 23.4 Å². The van der Waals surface area contributed by atoms with E-state index in [0.29, 0.717) is 0 Å². The molecule has 0 radical (unpaired) electrons. The zero-order valence-electron chi connectivity index (χ0n) is 15.6. The highest BCUT2D eigenvalue weighted by Gasteiger charge is 2.19. The summed E-state index contributed by atoms with van der Waals surface area (Å²) in [5.41, 5.74) is 3.87. The van der Waals surface area contributed by atoms with Gasteiger partial charge in [0.2, 0.25) is 0 Å². The molecule has 1 amide bonds. The van der Waals surface area contributed by atoms with E-state index in [1.807, 2.05) is 58.9 Å². The van der Waals surface area contributed by atoms with Crippen LogP contribution in [0.4, 0.5) is 0 Å². The second-order valence-corrected chi connectivity index (χ2v) is 8.25. The standard InChI is InChI=1S/C21H21ClN4OS/c1-15-4-9-18(12-19(15)22)26-14-23-24-21(26)28-13-16-5-7-17(8-6-16)20(27)25-10-2-3-11-25/h4-9,12,14H,2-3,10-11,13H2,1H3. The molecule has 1 saturated heterocycles. The van der Waals surface area contributed by atoms with Gasteiger partial charge in [-0.15, -0.1) is 10.2 Å². The zero-order chi connectivity index (χ0) is 19.5. The Morgan fingerprint density at radius 3 is 2.61 bits per heavy atom. The van der Waals surface area contributed by atoms with Gasteiger partial charge in [-0.25, -0.2) is 0 Å². The van der Waals surface area contributed by atoms with E-state index in [0.717, 1.165) is 64.2 Å². The molecule has 1 aromatic heterocycles. The molecular weight excluding hydrogens is 392 g/mol. The Hall–Kier alpha value is -2.31. The Balaban J connectivity index is 1.43. The Kier molecular flexibility index (Phi) is 5.69. The molecule has 0 atom stereocenters. The van der Waals surface area contributed by atoms with Crippen molar-refractivity contribution in [2.24, 2.45) is 0 Å². The SMILES string of the molecule is Cc1ccc(-n2cnnc2SCc2ccc(C(=O)N3CCCC3)cc2)cc1Cl. The first-order valence-corrected chi connectivity index (χ1v) is 10.7. The predicted octanol–water partition coefficient (Wildman–Crippen LogP) is 4.76. The highest BCUT2D eigenvalue weighted by atomic mass is 35.5. The zero-order valence-corrected chi connectivity index (χ0v) is 17.2. The molecule has 0 N–H and O–H groups in total. The van der Waals surface area contributed by atoms with Crippen LogP contribution in [0.1, 0.15) is 34.3 Å². The molecule has 7 heteroatoms. The van der Waals surface area contributed by atoms with Crippen LogP contribution in [0.3, 0.4) is 0 Å². The van der Waals surface area contributed by atoms with Crippen LogP contribution in [0.15, 0.2) is 53.9 Å². The van der Waals surface area contributed by atoms with Gasteiger partial charge in [-0.1, -0.05) is 41.6 Å². The van der Waals surface area contributed by atoms with Gasteiger partial charge < -0.3 is 4.90 Å². The Labute approximate surface area is 173 Å². The van der Waals surface area contributed by atoms with Gasteiger partial charge in [0.1, 0.15) is 6.33 Å². The van der Waals surface area contributed by atoms with Crippen LogP contribution in [0.2, 0.25) is 5.02 Å². The van der Waals surface area contributed by atoms with Crippen LogP contribution in [-0.4, -0.2) is 38.7 Å². The third-order valence-corrected chi connectivity index (χ3v) is 6.33. The van der Waals surface area contributed by atoms with Crippen molar-refractivity contribution in [2.45, 2.75) is 30.7 Å². The predicted molar refractivity (Wildman–Crippen MR) is 112 cm³/mol. The number of halogens is 1. The molecule has 4 rings (SSSR count). The molecule has 1 fully saturated rings. The number of aryl methyl sites for hydroxylation is 1. The lowest BCUT2D eigenvalue weighted by molar-refractivity contribution is 0.0793. The van der Waals surface area contributed by atoms with Crippen LogP contribution in [0, 0.1) is 6.92 Å². The van der Waals surface area contributed by atoms with Crippen molar-refractivity contribution in [2.75, 3.05) is 13.1 Å². The van der Waals surface area contributed by atoms with Crippen LogP contribution in [0.25, 0.3) is 5.69 Å². The van der Waals surface area contributed by atoms with Gasteiger partial charge in [-0.05, 0) is 55.2 Å². The molecule has 0 bridgehead atoms. The molecule has 0 aliphatic carbocycles. The van der Waals surface area contributed by atoms with Crippen LogP contribution in [-0.2, 0) is 5.75 Å². The fourth-order valence-corrected chi connectivity index (χ4v) is 4.29. The molecule has 0 saturated carbocycles. The van der Waals surface area contributed by atoms with Crippen LogP contribution < -0.4 is 0 Å². The maximum atomic E-state index is 12.4. The molecule has 3 aromatic rings. The summed E-state index contributed by atoms with van der Waals surface area (Å²) in [5.74, 6) is 0.879. The minimum Gasteiger partial charge on any atom is -0.339 e. The van der Waals surface area contributed by atoms with Crippen molar-refractivity contribution in [3.05, 3.63) is 70.5 Å². The topological polar surface area (TPSA) is 51.0 Å². The summed E-state index contributed by atoms with van der Waals surface area (Å²) < 4.78 is 1.93. The van der Waals surface area contributed by atoms with E-state index in [9.17, 15) is 4.79 Å². The number of thioether (sulfide) groups is 1. The number of hydrogen-bond donors (Lipinski definition) is 0. The van der Waals surface area contributed by atoms with E-state index in [4.69, 9.17) is 11.6 Å². The summed E-state index contributed by atoms with van der Waals surface area (Å²) in [6.07, 6.45) is 3.90. The van der Waals surface area contributed by atoms with Gasteiger partial charge in [0, 0.05) is 29.4 Å². The van der Waals surface area contributed by atoms with Crippen molar-refractivity contribution in [3.63, 3.8) is 0 Å². The van der Waals surface area contributed by atoms with Gasteiger partial charge in [-0.2, -0.15) is 0 Å². The van der Waals surface area contributed by atoms with Gasteiger partial charge in [0.05, 0.1) is 5.69 Å². The smallest absolute Gasteiger partial charge is 0.253 e. The summed E-state index contributed by atoms with van der Waals surface area (Å²) in [6, 6.07) is 13.8. The van der Waals surface area contributed by atoms with E-state index in [1.165, 1.54) is 0 Å². The van der Waals surface area contributed by atoms with Crippen molar-refractivity contribution in [1.82, 2.24) is 19.7 Å². The molecule has 2 aromatic carbocycles. The monoisotopic (exact) mass is 412 g/mol. The molecule has 5 nitrogen and oxygen atoms in total. The van der Waals surface area contributed by atoms with Crippen molar-refractivity contribution >= 4 is 29.3 Å². The fraction of sp³-hybridized carbons (Fsp3) is 0.286. The summed E-state index contributed by atoms with van der Waals surface area (Å²) in [4.78, 5) is 14.4. The maximum Gasteiger partial charge on any atom is 0.253 e. The minimum atomic E-state index is 0.132. The first-order chi connectivity index (χ1) is 13.6. The van der Waals surface area contributed by atoms with Gasteiger partial charge in [-0.3, -0.25) is 9.36 Å². The number of nitrogens with zero attached hydrogens (tertiary/aromatic N) is 4. The average molecular weight is 413 g/mol. The van der Waals surface area contributed by atoms with Crippen LogP contribution in [0.5, 0.6) is 0 Å². The number of aromatic nitrogens is 3. The maximum absolute atomic E-state index is 12.4. The summed E-state index contributed by atoms with van der Waals surface area (Å²) in [5, 5.41) is 9.80. The van der Waals surface area contributed by atoms with E-state index < -0.39 is 0 Å². The highest BCUT2D eigenvalue weighted by Crippen LogP contribution is 2.26. The summed E-state index contributed by atoms with van der Waals surface area (Å²) in [7, 11) is 0. The molecule has 144 valence electrons. The lowest BCUT2D eigenvalue weighted by atomic mass is 10.1. The van der Waals surface area contributed by atoms with Gasteiger partial charge in [0.25, 0.3) is 5.91 Å². The lowest BCUT2D eigenvalue weighted by Crippen LogP contribution is -2.27. The van der Waals surface area contributed by atoms with Crippen molar-refractivity contribution in [1.29, 1.82) is 0 Å². The molecule has 0 spiro atoms. The van der Waals surface area contributed by atoms with Gasteiger partial charge in [0.15, 0.2) is 5.16 Å². The number of hydrogen-bond acceptors (Lipinski definition) is 4. The van der Waals surface area contributed by atoms with Crippen molar-refractivity contribution in [3.8, 4) is 5.69 Å². The second kappa shape index (κ2) is 8.37. The molecule has 1 aliphatic heterocycles. The fourth-order valence-electron chi connectivity index (χ4n) is 3.23. The Morgan fingerprint density at radius 1 is 1.14 bits per heavy atom. The minimum absolute atomic E-state index is 0.132. The number of amides is 1. The van der Waals surface area contributed by atoms with E-state index in [2.05, 4.69) is 10.2 Å². The van der Waals surface area contributed by atoms with Crippen molar-refractivity contribution < 1.29 is 4.79 Å². The first kappa shape index (κ1) is 19.0. The molecule has 0 unspecified atom stereocenters. The quantitative estimate of drug-likeness (QED) is 0.567. The lowest BCUT2D eigenvalue weighted by Gasteiger charge is -2.15. The summed E-state index contributed by atoms with van der Waals surface area (Å²) in [6.45, 7) is 3.72. The van der Waals surface area contributed by atoms with Gasteiger partial charge >= 0.3 is 0 Å². The number of carbonyl (C=O) groups excluding carboxylic acids is 1. The normalized spacial score (nSPS) is 13.9. The van der Waals surface area contributed by atoms with E-state index >= 15 is 0 Å². The number of rotatable bonds is 5. The highest BCUT2D eigenvalue weighted by molar-refractivity contribution is 7.98. The number of likely N-dealkylation sites (tertiary alicyclic amines) is 1. The largest absolute Gasteiger partial charge is 0.339 e. The van der Waals surface area contributed by atoms with E-state index in [1.54, 1.807) is 18.1 Å².